The molecule has 0 aliphatic heterocycles. The van der Waals surface area contributed by atoms with Crippen LogP contribution in [0.1, 0.15) is 18.1 Å². The number of pyridine rings is 2. The summed E-state index contributed by atoms with van der Waals surface area (Å²) >= 11 is 0. The van der Waals surface area contributed by atoms with Crippen LogP contribution in [0.15, 0.2) is 30.5 Å². The summed E-state index contributed by atoms with van der Waals surface area (Å²) in [5, 5.41) is 14.3. The van der Waals surface area contributed by atoms with Crippen LogP contribution >= 0.6 is 0 Å². The second-order valence-electron chi connectivity index (χ2n) is 6.04. The van der Waals surface area contributed by atoms with Gasteiger partial charge in [0, 0.05) is 35.3 Å². The molecule has 0 aliphatic rings. The highest BCUT2D eigenvalue weighted by atomic mass is 16.5. The van der Waals surface area contributed by atoms with Gasteiger partial charge in [-0.1, -0.05) is 6.92 Å². The molecule has 6 nitrogen and oxygen atoms in total. The number of aryl methyl sites for hydroxylation is 1. The Hall–Kier alpha value is -2.96. The Balaban J connectivity index is 1.96. The van der Waals surface area contributed by atoms with Crippen molar-refractivity contribution in [2.45, 2.75) is 19.9 Å². The van der Waals surface area contributed by atoms with E-state index in [4.69, 9.17) is 9.47 Å². The molecule has 0 atom stereocenters. The van der Waals surface area contributed by atoms with Crippen LogP contribution in [0.2, 0.25) is 0 Å². The Morgan fingerprint density at radius 1 is 1.15 bits per heavy atom. The molecule has 0 bridgehead atoms. The maximum atomic E-state index is 10.1. The monoisotopic (exact) mass is 351 g/mol. The van der Waals surface area contributed by atoms with Gasteiger partial charge in [0.2, 0.25) is 5.88 Å². The lowest BCUT2D eigenvalue weighted by Crippen LogP contribution is -2.11. The molecule has 7 heteroatoms. The van der Waals surface area contributed by atoms with E-state index < -0.39 is 0 Å². The number of benzene rings is 1. The molecular weight excluding hydrogens is 329 g/mol. The van der Waals surface area contributed by atoms with Crippen LogP contribution in [0.5, 0.6) is 17.4 Å². The highest BCUT2D eigenvalue weighted by Crippen LogP contribution is 2.28. The first-order valence-corrected chi connectivity index (χ1v) is 8.50. The Bertz CT molecular complexity index is 947. The number of hydrogen-bond acceptors (Lipinski definition) is 6. The molecule has 0 aliphatic carbocycles. The standard InChI is InChI=1S/C19H22BN3O3/c1-4-11-7-14-17(23-19(11)24)15(20)10-22-18(14)21-9-12-5-6-13(25-2)8-16(12)26-3/h5-8,10H,4,9,20H2,1-3H3,(H,21,22)(H,23,24). The van der Waals surface area contributed by atoms with Crippen LogP contribution < -0.4 is 20.3 Å². The molecule has 0 fully saturated rings. The topological polar surface area (TPSA) is 76.5 Å². The van der Waals surface area contributed by atoms with Gasteiger partial charge in [0.15, 0.2) is 0 Å². The molecule has 0 amide bonds. The summed E-state index contributed by atoms with van der Waals surface area (Å²) < 4.78 is 10.7. The number of methoxy groups -OCH3 is 2. The van der Waals surface area contributed by atoms with E-state index in [0.717, 1.165) is 44.8 Å². The van der Waals surface area contributed by atoms with E-state index in [2.05, 4.69) is 15.3 Å². The van der Waals surface area contributed by atoms with Crippen LogP contribution in [-0.4, -0.2) is 37.1 Å². The average Bonchev–Trinajstić information content (AvgIpc) is 2.67. The van der Waals surface area contributed by atoms with Crippen LogP contribution in [0.3, 0.4) is 0 Å². The number of anilines is 1. The zero-order chi connectivity index (χ0) is 18.7. The maximum absolute atomic E-state index is 10.1. The van der Waals surface area contributed by atoms with Crippen molar-refractivity contribution in [3.8, 4) is 17.4 Å². The van der Waals surface area contributed by atoms with Crippen LogP contribution in [0, 0.1) is 0 Å². The number of rotatable bonds is 6. The van der Waals surface area contributed by atoms with Gasteiger partial charge in [-0.3, -0.25) is 0 Å². The largest absolute Gasteiger partial charge is 0.497 e. The van der Waals surface area contributed by atoms with Crippen LogP contribution in [0.4, 0.5) is 5.82 Å². The summed E-state index contributed by atoms with van der Waals surface area (Å²) in [4.78, 5) is 8.87. The summed E-state index contributed by atoms with van der Waals surface area (Å²) in [5.41, 5.74) is 3.46. The number of aromatic hydroxyl groups is 1. The van der Waals surface area contributed by atoms with Gasteiger partial charge in [0.05, 0.1) is 19.7 Å². The van der Waals surface area contributed by atoms with Crippen molar-refractivity contribution in [1.82, 2.24) is 9.97 Å². The van der Waals surface area contributed by atoms with Gasteiger partial charge >= 0.3 is 0 Å². The SMILES string of the molecule is Bc1cnc(NCc2ccc(OC)cc2OC)c2cc(CC)c(O)nc12. The molecule has 2 heterocycles. The molecule has 0 saturated carbocycles. The minimum Gasteiger partial charge on any atom is -0.497 e. The van der Waals surface area contributed by atoms with Crippen molar-refractivity contribution in [3.63, 3.8) is 0 Å². The average molecular weight is 351 g/mol. The highest BCUT2D eigenvalue weighted by Gasteiger charge is 2.12. The van der Waals surface area contributed by atoms with Crippen molar-refractivity contribution < 1.29 is 14.6 Å². The molecule has 0 radical (unpaired) electrons. The molecule has 1 aromatic carbocycles. The Morgan fingerprint density at radius 3 is 2.65 bits per heavy atom. The van der Waals surface area contributed by atoms with Gasteiger partial charge in [-0.2, -0.15) is 0 Å². The van der Waals surface area contributed by atoms with E-state index in [1.165, 1.54) is 0 Å². The first kappa shape index (κ1) is 17.9. The molecule has 26 heavy (non-hydrogen) atoms. The van der Waals surface area contributed by atoms with E-state index in [9.17, 15) is 5.11 Å². The first-order valence-electron chi connectivity index (χ1n) is 8.50. The second kappa shape index (κ2) is 7.51. The minimum atomic E-state index is 0.0806. The zero-order valence-corrected chi connectivity index (χ0v) is 15.5. The van der Waals surface area contributed by atoms with Gasteiger partial charge in [0.1, 0.15) is 25.2 Å². The lowest BCUT2D eigenvalue weighted by Gasteiger charge is -2.14. The van der Waals surface area contributed by atoms with Crippen molar-refractivity contribution in [3.05, 3.63) is 41.6 Å². The van der Waals surface area contributed by atoms with Crippen LogP contribution in [0.25, 0.3) is 10.9 Å². The lowest BCUT2D eigenvalue weighted by molar-refractivity contribution is 0.391. The summed E-state index contributed by atoms with van der Waals surface area (Å²) in [6, 6.07) is 7.66. The Morgan fingerprint density at radius 2 is 1.96 bits per heavy atom. The number of nitrogens with zero attached hydrogens (tertiary/aromatic N) is 2. The number of aromatic nitrogens is 2. The smallest absolute Gasteiger partial charge is 0.214 e. The minimum absolute atomic E-state index is 0.0806. The van der Waals surface area contributed by atoms with Gasteiger partial charge in [-0.25, -0.2) is 9.97 Å². The van der Waals surface area contributed by atoms with Gasteiger partial charge in [0.25, 0.3) is 0 Å². The quantitative estimate of drug-likeness (QED) is 0.660. The second-order valence-corrected chi connectivity index (χ2v) is 6.04. The molecule has 134 valence electrons. The fraction of sp³-hybridized carbons (Fsp3) is 0.263. The fourth-order valence-corrected chi connectivity index (χ4v) is 2.90. The molecule has 0 spiro atoms. The van der Waals surface area contributed by atoms with Crippen molar-refractivity contribution in [2.75, 3.05) is 19.5 Å². The van der Waals surface area contributed by atoms with E-state index in [1.807, 2.05) is 39.0 Å². The number of ether oxygens (including phenoxy) is 2. The van der Waals surface area contributed by atoms with E-state index in [-0.39, 0.29) is 5.88 Å². The third-order valence-electron chi connectivity index (χ3n) is 4.42. The summed E-state index contributed by atoms with van der Waals surface area (Å²) in [6.45, 7) is 2.53. The van der Waals surface area contributed by atoms with E-state index in [0.29, 0.717) is 13.0 Å². The molecule has 2 N–H and O–H groups in total. The summed E-state index contributed by atoms with van der Waals surface area (Å²) in [7, 11) is 5.20. The normalized spacial score (nSPS) is 10.7. The van der Waals surface area contributed by atoms with Crippen molar-refractivity contribution in [1.29, 1.82) is 0 Å². The highest BCUT2D eigenvalue weighted by molar-refractivity contribution is 6.38. The Labute approximate surface area is 153 Å². The van der Waals surface area contributed by atoms with Crippen molar-refractivity contribution in [2.24, 2.45) is 0 Å². The number of nitrogens with one attached hydrogen (secondary N) is 1. The lowest BCUT2D eigenvalue weighted by atomic mass is 9.94. The molecule has 3 rings (SSSR count). The van der Waals surface area contributed by atoms with Gasteiger partial charge in [-0.05, 0) is 30.1 Å². The first-order chi connectivity index (χ1) is 12.6. The van der Waals surface area contributed by atoms with E-state index >= 15 is 0 Å². The summed E-state index contributed by atoms with van der Waals surface area (Å²) in [6.07, 6.45) is 2.46. The van der Waals surface area contributed by atoms with Crippen molar-refractivity contribution >= 4 is 30.0 Å². The molecule has 0 saturated heterocycles. The van der Waals surface area contributed by atoms with E-state index in [1.54, 1.807) is 20.4 Å². The van der Waals surface area contributed by atoms with Gasteiger partial charge < -0.3 is 19.9 Å². The number of hydrogen-bond donors (Lipinski definition) is 2. The molecular formula is C19H22BN3O3. The zero-order valence-electron chi connectivity index (χ0n) is 15.5. The fourth-order valence-electron chi connectivity index (χ4n) is 2.90. The van der Waals surface area contributed by atoms with Gasteiger partial charge in [-0.15, -0.1) is 0 Å². The molecule has 3 aromatic rings. The predicted molar refractivity (Wildman–Crippen MR) is 106 cm³/mol. The Kier molecular flexibility index (Phi) is 5.16. The third kappa shape index (κ3) is 3.38. The third-order valence-corrected chi connectivity index (χ3v) is 4.42. The predicted octanol–water partition coefficient (Wildman–Crippen LogP) is 1.79. The maximum Gasteiger partial charge on any atom is 0.214 e. The summed E-state index contributed by atoms with van der Waals surface area (Å²) in [5.74, 6) is 2.30. The number of fused-ring (bicyclic) bond motifs is 1. The van der Waals surface area contributed by atoms with Crippen LogP contribution in [-0.2, 0) is 13.0 Å². The molecule has 2 aromatic heterocycles. The molecule has 0 unspecified atom stereocenters.